The van der Waals surface area contributed by atoms with Crippen molar-refractivity contribution < 1.29 is 0 Å². The second kappa shape index (κ2) is 7.96. The first kappa shape index (κ1) is 15.7. The average Bonchev–Trinajstić information content (AvgIpc) is 2.39. The molecule has 0 unspecified atom stereocenters. The molecule has 2 aliphatic heterocycles. The lowest BCUT2D eigenvalue weighted by Crippen LogP contribution is -2.44. The smallest absolute Gasteiger partial charge is 0.00165 e. The number of allylic oxidation sites excluding steroid dienone is 1. The summed E-state index contributed by atoms with van der Waals surface area (Å²) in [7, 11) is 4.50. The molecule has 0 atom stereocenters. The van der Waals surface area contributed by atoms with Crippen molar-refractivity contribution in [2.24, 2.45) is 5.41 Å². The Morgan fingerprint density at radius 1 is 0.944 bits per heavy atom. The van der Waals surface area contributed by atoms with Crippen LogP contribution in [0.25, 0.3) is 0 Å². The van der Waals surface area contributed by atoms with Crippen LogP contribution in [-0.4, -0.2) is 50.1 Å². The Bertz CT molecular complexity index is 198. The molecule has 2 aliphatic rings. The summed E-state index contributed by atoms with van der Waals surface area (Å²) >= 11 is 0. The monoisotopic (exact) mass is 252 g/mol. The summed E-state index contributed by atoms with van der Waals surface area (Å²) < 4.78 is 0. The molecule has 0 aromatic rings. The van der Waals surface area contributed by atoms with Gasteiger partial charge in [-0.25, -0.2) is 0 Å². The van der Waals surface area contributed by atoms with Gasteiger partial charge in [0.1, 0.15) is 0 Å². The molecular weight excluding hydrogens is 220 g/mol. The molecule has 0 amide bonds. The molecule has 1 spiro atoms. The molecular formula is C16H32N2. The minimum Gasteiger partial charge on any atom is -0.306 e. The maximum absolute atomic E-state index is 3.55. The van der Waals surface area contributed by atoms with Gasteiger partial charge < -0.3 is 9.80 Å². The van der Waals surface area contributed by atoms with Gasteiger partial charge in [-0.3, -0.25) is 0 Å². The fraction of sp³-hybridized carbons (Fsp3) is 0.875. The first-order valence-electron chi connectivity index (χ1n) is 7.60. The van der Waals surface area contributed by atoms with E-state index in [1.807, 2.05) is 6.08 Å². The van der Waals surface area contributed by atoms with Crippen LogP contribution in [-0.2, 0) is 0 Å². The Morgan fingerprint density at radius 3 is 1.56 bits per heavy atom. The highest BCUT2D eigenvalue weighted by atomic mass is 15.1. The standard InChI is InChI=1S/C11H22N2.C5H10/c1-12-7-3-11(4-8-12)5-9-13(2)10-6-11;1-3-5-4-2/h3-10H2,1-2H3;3H,1,4-5H2,2H3. The van der Waals surface area contributed by atoms with E-state index in [4.69, 9.17) is 0 Å². The Balaban J connectivity index is 0.000000280. The number of nitrogens with zero attached hydrogens (tertiary/aromatic N) is 2. The number of unbranched alkanes of at least 4 members (excludes halogenated alkanes) is 1. The molecule has 0 saturated carbocycles. The SMILES string of the molecule is C=CCCC.CN1CCC2(CC1)CCN(C)CC2. The van der Waals surface area contributed by atoms with E-state index in [0.717, 1.165) is 11.8 Å². The summed E-state index contributed by atoms with van der Waals surface area (Å²) in [5.41, 5.74) is 0.735. The van der Waals surface area contributed by atoms with Crippen molar-refractivity contribution in [1.82, 2.24) is 9.80 Å². The fourth-order valence-corrected chi connectivity index (χ4v) is 2.89. The van der Waals surface area contributed by atoms with Crippen molar-refractivity contribution in [3.63, 3.8) is 0 Å². The molecule has 2 nitrogen and oxygen atoms in total. The second-order valence-corrected chi connectivity index (χ2v) is 6.18. The highest BCUT2D eigenvalue weighted by Crippen LogP contribution is 2.40. The zero-order valence-electron chi connectivity index (χ0n) is 12.7. The molecule has 18 heavy (non-hydrogen) atoms. The van der Waals surface area contributed by atoms with Crippen molar-refractivity contribution in [3.8, 4) is 0 Å². The van der Waals surface area contributed by atoms with Gasteiger partial charge in [0.15, 0.2) is 0 Å². The lowest BCUT2D eigenvalue weighted by molar-refractivity contribution is 0.0519. The van der Waals surface area contributed by atoms with E-state index in [-0.39, 0.29) is 0 Å². The Hall–Kier alpha value is -0.340. The van der Waals surface area contributed by atoms with Crippen molar-refractivity contribution in [3.05, 3.63) is 12.7 Å². The van der Waals surface area contributed by atoms with Gasteiger partial charge in [-0.2, -0.15) is 0 Å². The molecule has 0 aromatic heterocycles. The quantitative estimate of drug-likeness (QED) is 0.695. The topological polar surface area (TPSA) is 6.48 Å². The molecule has 106 valence electrons. The van der Waals surface area contributed by atoms with Gasteiger partial charge in [0.2, 0.25) is 0 Å². The third-order valence-electron chi connectivity index (χ3n) is 4.59. The van der Waals surface area contributed by atoms with E-state index in [0.29, 0.717) is 0 Å². The third-order valence-corrected chi connectivity index (χ3v) is 4.59. The van der Waals surface area contributed by atoms with Crippen LogP contribution in [0.15, 0.2) is 12.7 Å². The summed E-state index contributed by atoms with van der Waals surface area (Å²) in [5.74, 6) is 0. The molecule has 0 bridgehead atoms. The van der Waals surface area contributed by atoms with Gasteiger partial charge in [0.25, 0.3) is 0 Å². The van der Waals surface area contributed by atoms with Crippen LogP contribution in [0.3, 0.4) is 0 Å². The number of piperidine rings is 2. The van der Waals surface area contributed by atoms with Crippen LogP contribution in [0.1, 0.15) is 45.4 Å². The summed E-state index contributed by atoms with van der Waals surface area (Å²) in [5, 5.41) is 0. The number of likely N-dealkylation sites (tertiary alicyclic amines) is 2. The highest BCUT2D eigenvalue weighted by molar-refractivity contribution is 4.89. The maximum Gasteiger partial charge on any atom is -0.00165 e. The van der Waals surface area contributed by atoms with Crippen LogP contribution in [0.4, 0.5) is 0 Å². The first-order valence-corrected chi connectivity index (χ1v) is 7.60. The van der Waals surface area contributed by atoms with Gasteiger partial charge in [-0.1, -0.05) is 19.4 Å². The summed E-state index contributed by atoms with van der Waals surface area (Å²) in [6.07, 6.45) is 10.1. The number of rotatable bonds is 2. The molecule has 0 aromatic carbocycles. The normalized spacial score (nSPS) is 24.4. The van der Waals surface area contributed by atoms with Crippen LogP contribution in [0.5, 0.6) is 0 Å². The lowest BCUT2D eigenvalue weighted by Gasteiger charge is -2.45. The molecule has 2 heteroatoms. The van der Waals surface area contributed by atoms with Gasteiger partial charge in [-0.15, -0.1) is 6.58 Å². The fourth-order valence-electron chi connectivity index (χ4n) is 2.89. The highest BCUT2D eigenvalue weighted by Gasteiger charge is 2.35. The number of hydrogen-bond donors (Lipinski definition) is 0. The maximum atomic E-state index is 3.55. The molecule has 2 saturated heterocycles. The van der Waals surface area contributed by atoms with Crippen LogP contribution in [0.2, 0.25) is 0 Å². The minimum absolute atomic E-state index is 0.735. The summed E-state index contributed by atoms with van der Waals surface area (Å²) in [6.45, 7) is 11.0. The van der Waals surface area contributed by atoms with Crippen LogP contribution >= 0.6 is 0 Å². The van der Waals surface area contributed by atoms with E-state index in [9.17, 15) is 0 Å². The van der Waals surface area contributed by atoms with Crippen LogP contribution in [0, 0.1) is 5.41 Å². The predicted molar refractivity (Wildman–Crippen MR) is 81.0 cm³/mol. The summed E-state index contributed by atoms with van der Waals surface area (Å²) in [4.78, 5) is 4.95. The predicted octanol–water partition coefficient (Wildman–Crippen LogP) is 3.40. The Labute approximate surface area is 114 Å². The van der Waals surface area contributed by atoms with E-state index in [1.165, 1.54) is 58.3 Å². The Morgan fingerprint density at radius 2 is 1.33 bits per heavy atom. The van der Waals surface area contributed by atoms with Crippen molar-refractivity contribution in [1.29, 1.82) is 0 Å². The second-order valence-electron chi connectivity index (χ2n) is 6.18. The van der Waals surface area contributed by atoms with Crippen molar-refractivity contribution >= 4 is 0 Å². The zero-order chi connectivity index (χ0) is 13.4. The van der Waals surface area contributed by atoms with Gasteiger partial charge >= 0.3 is 0 Å². The summed E-state index contributed by atoms with van der Waals surface area (Å²) in [6, 6.07) is 0. The van der Waals surface area contributed by atoms with Gasteiger partial charge in [0.05, 0.1) is 0 Å². The van der Waals surface area contributed by atoms with Gasteiger partial charge in [-0.05, 0) is 77.8 Å². The largest absolute Gasteiger partial charge is 0.306 e. The first-order chi connectivity index (χ1) is 8.62. The Kier molecular flexibility index (Phi) is 6.95. The molecule has 0 N–H and O–H groups in total. The molecule has 0 aliphatic carbocycles. The van der Waals surface area contributed by atoms with E-state index in [2.05, 4.69) is 37.4 Å². The number of hydrogen-bond acceptors (Lipinski definition) is 2. The zero-order valence-corrected chi connectivity index (χ0v) is 12.7. The molecule has 2 heterocycles. The molecule has 2 fully saturated rings. The van der Waals surface area contributed by atoms with Crippen molar-refractivity contribution in [2.45, 2.75) is 45.4 Å². The van der Waals surface area contributed by atoms with Gasteiger partial charge in [0, 0.05) is 0 Å². The van der Waals surface area contributed by atoms with E-state index < -0.39 is 0 Å². The molecule has 2 rings (SSSR count). The van der Waals surface area contributed by atoms with E-state index >= 15 is 0 Å². The average molecular weight is 252 g/mol. The van der Waals surface area contributed by atoms with Crippen LogP contribution < -0.4 is 0 Å². The lowest BCUT2D eigenvalue weighted by atomic mass is 9.71. The van der Waals surface area contributed by atoms with E-state index in [1.54, 1.807) is 0 Å². The third kappa shape index (κ3) is 5.11. The minimum atomic E-state index is 0.735. The molecule has 0 radical (unpaired) electrons. The van der Waals surface area contributed by atoms with Crippen molar-refractivity contribution in [2.75, 3.05) is 40.3 Å².